The number of hydrogen-bond donors (Lipinski definition) is 0. The number of benzene rings is 2. The third kappa shape index (κ3) is 3.65. The minimum Gasteiger partial charge on any atom is -0.496 e. The minimum atomic E-state index is -3.78. The molecule has 1 aliphatic rings. The van der Waals surface area contributed by atoms with E-state index in [0.717, 1.165) is 0 Å². The molecule has 7 nitrogen and oxygen atoms in total. The van der Waals surface area contributed by atoms with Gasteiger partial charge in [-0.2, -0.15) is 9.57 Å². The first kappa shape index (κ1) is 18.9. The fourth-order valence-electron chi connectivity index (χ4n) is 3.05. The SMILES string of the molecule is COc1ccccc1C(=O)N1CCN(S(=O)(=O)c2ccccc2C#N)CC1. The molecule has 0 aromatic heterocycles. The van der Waals surface area contributed by atoms with Crippen molar-refractivity contribution in [1.82, 2.24) is 9.21 Å². The molecule has 0 unspecified atom stereocenters. The summed E-state index contributed by atoms with van der Waals surface area (Å²) in [5.41, 5.74) is 0.566. The average Bonchev–Trinajstić information content (AvgIpc) is 2.73. The van der Waals surface area contributed by atoms with Crippen LogP contribution in [0.3, 0.4) is 0 Å². The second-order valence-corrected chi connectivity index (χ2v) is 7.91. The molecule has 27 heavy (non-hydrogen) atoms. The van der Waals surface area contributed by atoms with Crippen molar-refractivity contribution < 1.29 is 17.9 Å². The zero-order chi connectivity index (χ0) is 19.4. The van der Waals surface area contributed by atoms with Gasteiger partial charge in [-0.1, -0.05) is 24.3 Å². The predicted octanol–water partition coefficient (Wildman–Crippen LogP) is 1.71. The highest BCUT2D eigenvalue weighted by atomic mass is 32.2. The maximum atomic E-state index is 12.9. The number of nitrogens with zero attached hydrogens (tertiary/aromatic N) is 3. The van der Waals surface area contributed by atoms with E-state index in [4.69, 9.17) is 4.74 Å². The van der Waals surface area contributed by atoms with Gasteiger partial charge in [-0.25, -0.2) is 8.42 Å². The zero-order valence-electron chi connectivity index (χ0n) is 14.8. The van der Waals surface area contributed by atoms with Crippen LogP contribution in [-0.4, -0.2) is 56.8 Å². The van der Waals surface area contributed by atoms with Gasteiger partial charge in [0.25, 0.3) is 5.91 Å². The van der Waals surface area contributed by atoms with Gasteiger partial charge in [0.2, 0.25) is 10.0 Å². The average molecular weight is 385 g/mol. The zero-order valence-corrected chi connectivity index (χ0v) is 15.6. The standard InChI is InChI=1S/C19H19N3O4S/c1-26-17-8-4-3-7-16(17)19(23)21-10-12-22(13-11-21)27(24,25)18-9-5-2-6-15(18)14-20/h2-9H,10-13H2,1H3. The number of piperazine rings is 1. The summed E-state index contributed by atoms with van der Waals surface area (Å²) >= 11 is 0. The normalized spacial score (nSPS) is 15.2. The van der Waals surface area contributed by atoms with Gasteiger partial charge in [0.1, 0.15) is 11.8 Å². The van der Waals surface area contributed by atoms with E-state index in [-0.39, 0.29) is 42.5 Å². The van der Waals surface area contributed by atoms with Gasteiger partial charge in [0.05, 0.1) is 23.1 Å². The Hall–Kier alpha value is -2.89. The molecular formula is C19H19N3O4S. The molecule has 140 valence electrons. The smallest absolute Gasteiger partial charge is 0.257 e. The summed E-state index contributed by atoms with van der Waals surface area (Å²) in [5, 5.41) is 9.17. The first-order chi connectivity index (χ1) is 13.0. The van der Waals surface area contributed by atoms with Crippen molar-refractivity contribution in [2.75, 3.05) is 33.3 Å². The van der Waals surface area contributed by atoms with E-state index in [1.54, 1.807) is 41.3 Å². The number of carbonyl (C=O) groups is 1. The van der Waals surface area contributed by atoms with Crippen LogP contribution < -0.4 is 4.74 Å². The Bertz CT molecular complexity index is 990. The summed E-state index contributed by atoms with van der Waals surface area (Å²) in [7, 11) is -2.28. The maximum absolute atomic E-state index is 12.9. The number of sulfonamides is 1. The molecular weight excluding hydrogens is 366 g/mol. The first-order valence-corrected chi connectivity index (χ1v) is 9.84. The van der Waals surface area contributed by atoms with Crippen molar-refractivity contribution in [3.8, 4) is 11.8 Å². The Morgan fingerprint density at radius 2 is 1.67 bits per heavy atom. The molecule has 1 aliphatic heterocycles. The van der Waals surface area contributed by atoms with E-state index >= 15 is 0 Å². The largest absolute Gasteiger partial charge is 0.496 e. The quantitative estimate of drug-likeness (QED) is 0.799. The summed E-state index contributed by atoms with van der Waals surface area (Å²) in [5.74, 6) is 0.294. The molecule has 8 heteroatoms. The molecule has 0 spiro atoms. The van der Waals surface area contributed by atoms with Gasteiger partial charge >= 0.3 is 0 Å². The molecule has 0 atom stereocenters. The second-order valence-electron chi connectivity index (χ2n) is 6.00. The fraction of sp³-hybridized carbons (Fsp3) is 0.263. The number of amides is 1. The van der Waals surface area contributed by atoms with E-state index in [9.17, 15) is 18.5 Å². The van der Waals surface area contributed by atoms with Crippen molar-refractivity contribution in [2.45, 2.75) is 4.90 Å². The van der Waals surface area contributed by atoms with Crippen LogP contribution >= 0.6 is 0 Å². The molecule has 1 heterocycles. The minimum absolute atomic E-state index is 0.00277. The number of nitriles is 1. The van der Waals surface area contributed by atoms with Crippen LogP contribution in [0.5, 0.6) is 5.75 Å². The van der Waals surface area contributed by atoms with Gasteiger partial charge < -0.3 is 9.64 Å². The third-order valence-electron chi connectivity index (χ3n) is 4.49. The van der Waals surface area contributed by atoms with Crippen molar-refractivity contribution >= 4 is 15.9 Å². The van der Waals surface area contributed by atoms with E-state index in [2.05, 4.69) is 0 Å². The Kier molecular flexibility index (Phi) is 5.44. The van der Waals surface area contributed by atoms with Crippen molar-refractivity contribution in [3.05, 3.63) is 59.7 Å². The number of ether oxygens (including phenoxy) is 1. The summed E-state index contributed by atoms with van der Waals surface area (Å²) < 4.78 is 32.3. The van der Waals surface area contributed by atoms with Gasteiger partial charge in [-0.15, -0.1) is 0 Å². The lowest BCUT2D eigenvalue weighted by Crippen LogP contribution is -2.50. The molecule has 2 aromatic carbocycles. The lowest BCUT2D eigenvalue weighted by molar-refractivity contribution is 0.0694. The Morgan fingerprint density at radius 3 is 2.33 bits per heavy atom. The van der Waals surface area contributed by atoms with Crippen LogP contribution in [0.4, 0.5) is 0 Å². The molecule has 2 aromatic rings. The molecule has 0 radical (unpaired) electrons. The molecule has 3 rings (SSSR count). The van der Waals surface area contributed by atoms with Crippen molar-refractivity contribution in [2.24, 2.45) is 0 Å². The molecule has 1 amide bonds. The highest BCUT2D eigenvalue weighted by Crippen LogP contribution is 2.23. The number of methoxy groups -OCH3 is 1. The molecule has 1 fully saturated rings. The predicted molar refractivity (Wildman–Crippen MR) is 98.8 cm³/mol. The van der Waals surface area contributed by atoms with Crippen LogP contribution in [0, 0.1) is 11.3 Å². The Morgan fingerprint density at radius 1 is 1.04 bits per heavy atom. The molecule has 0 aliphatic carbocycles. The molecule has 1 saturated heterocycles. The molecule has 0 N–H and O–H groups in total. The fourth-order valence-corrected chi connectivity index (χ4v) is 4.61. The second kappa shape index (κ2) is 7.78. The van der Waals surface area contributed by atoms with Crippen LogP contribution in [0.2, 0.25) is 0 Å². The number of para-hydroxylation sites is 1. The topological polar surface area (TPSA) is 90.7 Å². The lowest BCUT2D eigenvalue weighted by Gasteiger charge is -2.34. The summed E-state index contributed by atoms with van der Waals surface area (Å²) in [6.45, 7) is 0.877. The summed E-state index contributed by atoms with van der Waals surface area (Å²) in [4.78, 5) is 14.3. The van der Waals surface area contributed by atoms with E-state index < -0.39 is 10.0 Å². The van der Waals surface area contributed by atoms with Crippen molar-refractivity contribution in [1.29, 1.82) is 5.26 Å². The number of hydrogen-bond acceptors (Lipinski definition) is 5. The molecule has 0 saturated carbocycles. The number of carbonyl (C=O) groups excluding carboxylic acids is 1. The summed E-state index contributed by atoms with van der Waals surface area (Å²) in [6.07, 6.45) is 0. The monoisotopic (exact) mass is 385 g/mol. The lowest BCUT2D eigenvalue weighted by atomic mass is 10.1. The van der Waals surface area contributed by atoms with Gasteiger partial charge in [-0.3, -0.25) is 4.79 Å². The van der Waals surface area contributed by atoms with Crippen molar-refractivity contribution in [3.63, 3.8) is 0 Å². The van der Waals surface area contributed by atoms with Crippen LogP contribution in [0.15, 0.2) is 53.4 Å². The highest BCUT2D eigenvalue weighted by molar-refractivity contribution is 7.89. The summed E-state index contributed by atoms with van der Waals surface area (Å²) in [6, 6.07) is 15.0. The van der Waals surface area contributed by atoms with Crippen LogP contribution in [-0.2, 0) is 10.0 Å². The first-order valence-electron chi connectivity index (χ1n) is 8.40. The van der Waals surface area contributed by atoms with E-state index in [1.807, 2.05) is 6.07 Å². The van der Waals surface area contributed by atoms with Gasteiger partial charge in [-0.05, 0) is 24.3 Å². The number of rotatable bonds is 4. The third-order valence-corrected chi connectivity index (χ3v) is 6.45. The van der Waals surface area contributed by atoms with Crippen LogP contribution in [0.1, 0.15) is 15.9 Å². The van der Waals surface area contributed by atoms with Crippen LogP contribution in [0.25, 0.3) is 0 Å². The Labute approximate surface area is 158 Å². The van der Waals surface area contributed by atoms with E-state index in [0.29, 0.717) is 11.3 Å². The molecule has 0 bridgehead atoms. The van der Waals surface area contributed by atoms with E-state index in [1.165, 1.54) is 23.5 Å². The Balaban J connectivity index is 1.75. The van der Waals surface area contributed by atoms with Gasteiger partial charge in [0, 0.05) is 26.2 Å². The highest BCUT2D eigenvalue weighted by Gasteiger charge is 2.32. The van der Waals surface area contributed by atoms with Gasteiger partial charge in [0.15, 0.2) is 0 Å². The maximum Gasteiger partial charge on any atom is 0.257 e.